The van der Waals surface area contributed by atoms with Crippen LogP contribution in [0.2, 0.25) is 0 Å². The standard InChI is InChI=1S/C36H36N6O3/c1-22-16-27-33-35(32(22)41-15-10-25(20-41)29-19-37-12-13-38-29)45-31-18-24-7-4-3-6-23(24)17-30(31)42(33)21-28(34(27)43)36(44)39-11-9-26-8-5-14-40(26)2/h3-4,6-7,12-13,16-19,21,25-26H,5,8-11,14-15,20H2,1-2H3,(H,39,44). The molecule has 0 saturated carbocycles. The first kappa shape index (κ1) is 27.8. The molecule has 3 aliphatic rings. The van der Waals surface area contributed by atoms with Gasteiger partial charge in [-0.15, -0.1) is 0 Å². The van der Waals surface area contributed by atoms with Crippen LogP contribution in [0, 0.1) is 6.92 Å². The fraction of sp³-hybridized carbons (Fsp3) is 0.333. The minimum atomic E-state index is -0.338. The number of pyridine rings is 1. The molecule has 3 aromatic carbocycles. The number of hydrogen-bond donors (Lipinski definition) is 1. The molecule has 45 heavy (non-hydrogen) atoms. The van der Waals surface area contributed by atoms with Gasteiger partial charge in [0.25, 0.3) is 5.91 Å². The molecule has 0 radical (unpaired) electrons. The number of hydrogen-bond acceptors (Lipinski definition) is 7. The van der Waals surface area contributed by atoms with Crippen LogP contribution in [0.5, 0.6) is 11.5 Å². The summed E-state index contributed by atoms with van der Waals surface area (Å²) in [5, 5.41) is 5.65. The van der Waals surface area contributed by atoms with Gasteiger partial charge in [-0.25, -0.2) is 0 Å². The van der Waals surface area contributed by atoms with Crippen LogP contribution < -0.4 is 20.4 Å². The smallest absolute Gasteiger partial charge is 0.256 e. The van der Waals surface area contributed by atoms with Gasteiger partial charge in [-0.2, -0.15) is 0 Å². The minimum absolute atomic E-state index is 0.144. The molecule has 8 rings (SSSR count). The summed E-state index contributed by atoms with van der Waals surface area (Å²) < 4.78 is 8.77. The van der Waals surface area contributed by atoms with Crippen LogP contribution in [0.25, 0.3) is 27.4 Å². The van der Waals surface area contributed by atoms with Crippen molar-refractivity contribution >= 4 is 33.3 Å². The molecule has 2 unspecified atom stereocenters. The van der Waals surface area contributed by atoms with E-state index in [1.54, 1.807) is 18.6 Å². The van der Waals surface area contributed by atoms with E-state index in [1.165, 1.54) is 6.42 Å². The molecule has 0 aliphatic carbocycles. The van der Waals surface area contributed by atoms with E-state index in [1.807, 2.05) is 42.0 Å². The number of anilines is 1. The van der Waals surface area contributed by atoms with Crippen LogP contribution in [0.4, 0.5) is 5.69 Å². The number of likely N-dealkylation sites (tertiary alicyclic amines) is 1. The van der Waals surface area contributed by atoms with Gasteiger partial charge >= 0.3 is 0 Å². The van der Waals surface area contributed by atoms with E-state index in [0.717, 1.165) is 72.3 Å². The summed E-state index contributed by atoms with van der Waals surface area (Å²) in [6, 6.07) is 14.7. The average molecular weight is 601 g/mol. The lowest BCUT2D eigenvalue weighted by Crippen LogP contribution is -2.34. The number of nitrogens with one attached hydrogen (secondary N) is 1. The zero-order valence-corrected chi connectivity index (χ0v) is 25.6. The SMILES string of the molecule is Cc1cc2c(=O)c(C(=O)NCCC3CCCN3C)cn3c2c(c1N1CCC(c2cnccn2)C1)Oc1cc2ccccc2cc1-3. The molecule has 5 aromatic rings. The Balaban J connectivity index is 1.24. The average Bonchev–Trinajstić information content (AvgIpc) is 3.71. The molecule has 228 valence electrons. The van der Waals surface area contributed by atoms with Crippen LogP contribution in [-0.2, 0) is 0 Å². The van der Waals surface area contributed by atoms with E-state index >= 15 is 0 Å². The minimum Gasteiger partial charge on any atom is -0.451 e. The van der Waals surface area contributed by atoms with Gasteiger partial charge in [0.15, 0.2) is 11.5 Å². The Kier molecular flexibility index (Phi) is 6.78. The predicted octanol–water partition coefficient (Wildman–Crippen LogP) is 5.56. The summed E-state index contributed by atoms with van der Waals surface area (Å²) in [5.74, 6) is 1.26. The summed E-state index contributed by atoms with van der Waals surface area (Å²) in [5.41, 5.74) is 4.25. The second-order valence-corrected chi connectivity index (χ2v) is 12.7. The molecule has 2 fully saturated rings. The van der Waals surface area contributed by atoms with Crippen molar-refractivity contribution in [3.05, 3.63) is 94.3 Å². The third-order valence-corrected chi connectivity index (χ3v) is 9.89. The molecule has 3 aliphatic heterocycles. The second kappa shape index (κ2) is 11.0. The van der Waals surface area contributed by atoms with Crippen LogP contribution in [0.15, 0.2) is 72.0 Å². The Labute approximate surface area is 261 Å². The zero-order chi connectivity index (χ0) is 30.7. The van der Waals surface area contributed by atoms with Gasteiger partial charge < -0.3 is 24.4 Å². The van der Waals surface area contributed by atoms with E-state index < -0.39 is 0 Å². The monoisotopic (exact) mass is 600 g/mol. The van der Waals surface area contributed by atoms with Gasteiger partial charge in [-0.05, 0) is 80.7 Å². The van der Waals surface area contributed by atoms with E-state index in [9.17, 15) is 9.59 Å². The maximum absolute atomic E-state index is 14.1. The molecule has 1 amide bonds. The van der Waals surface area contributed by atoms with Crippen molar-refractivity contribution in [2.45, 2.75) is 44.6 Å². The molecule has 2 saturated heterocycles. The third kappa shape index (κ3) is 4.73. The molecule has 0 spiro atoms. The van der Waals surface area contributed by atoms with E-state index in [2.05, 4.69) is 50.3 Å². The number of benzene rings is 3. The summed E-state index contributed by atoms with van der Waals surface area (Å²) in [7, 11) is 2.13. The predicted molar refractivity (Wildman–Crippen MR) is 176 cm³/mol. The van der Waals surface area contributed by atoms with E-state index in [4.69, 9.17) is 4.74 Å². The number of nitrogens with zero attached hydrogens (tertiary/aromatic N) is 5. The Morgan fingerprint density at radius 3 is 2.71 bits per heavy atom. The number of carbonyl (C=O) groups is 1. The van der Waals surface area contributed by atoms with E-state index in [-0.39, 0.29) is 22.8 Å². The van der Waals surface area contributed by atoms with Crippen LogP contribution in [0.1, 0.15) is 53.2 Å². The Morgan fingerprint density at radius 2 is 1.93 bits per heavy atom. The van der Waals surface area contributed by atoms with Gasteiger partial charge in [0.2, 0.25) is 5.43 Å². The Hall–Kier alpha value is -4.76. The molecule has 0 bridgehead atoms. The maximum atomic E-state index is 14.1. The fourth-order valence-electron chi connectivity index (χ4n) is 7.52. The lowest BCUT2D eigenvalue weighted by molar-refractivity contribution is 0.0949. The number of fused-ring (bicyclic) bond motifs is 3. The first-order chi connectivity index (χ1) is 22.0. The van der Waals surface area contributed by atoms with Crippen molar-refractivity contribution in [2.75, 3.05) is 38.1 Å². The number of aryl methyl sites for hydroxylation is 1. The van der Waals surface area contributed by atoms with Crippen molar-refractivity contribution in [3.63, 3.8) is 0 Å². The lowest BCUT2D eigenvalue weighted by Gasteiger charge is -2.30. The van der Waals surface area contributed by atoms with Crippen molar-refractivity contribution in [2.24, 2.45) is 0 Å². The van der Waals surface area contributed by atoms with Crippen molar-refractivity contribution < 1.29 is 9.53 Å². The highest BCUT2D eigenvalue weighted by atomic mass is 16.5. The number of amides is 1. The summed E-state index contributed by atoms with van der Waals surface area (Å²) in [6.45, 7) is 5.24. The second-order valence-electron chi connectivity index (χ2n) is 12.7. The highest BCUT2D eigenvalue weighted by Gasteiger charge is 2.33. The van der Waals surface area contributed by atoms with Crippen LogP contribution >= 0.6 is 0 Å². The van der Waals surface area contributed by atoms with Gasteiger partial charge in [-0.1, -0.05) is 24.3 Å². The van der Waals surface area contributed by atoms with Crippen LogP contribution in [-0.4, -0.2) is 64.6 Å². The maximum Gasteiger partial charge on any atom is 0.256 e. The summed E-state index contributed by atoms with van der Waals surface area (Å²) in [4.78, 5) is 41.2. The normalized spacial score (nSPS) is 19.2. The molecule has 9 nitrogen and oxygen atoms in total. The molecule has 2 aromatic heterocycles. The van der Waals surface area contributed by atoms with Gasteiger partial charge in [-0.3, -0.25) is 19.6 Å². The first-order valence-electron chi connectivity index (χ1n) is 15.9. The number of carbonyl (C=O) groups excluding carboxylic acids is 1. The lowest BCUT2D eigenvalue weighted by atomic mass is 10.0. The summed E-state index contributed by atoms with van der Waals surface area (Å²) in [6.07, 6.45) is 11.1. The molecule has 1 N–H and O–H groups in total. The summed E-state index contributed by atoms with van der Waals surface area (Å²) >= 11 is 0. The van der Waals surface area contributed by atoms with Crippen molar-refractivity contribution in [3.8, 4) is 17.2 Å². The highest BCUT2D eigenvalue weighted by molar-refractivity contribution is 6.02. The molecule has 5 heterocycles. The fourth-order valence-corrected chi connectivity index (χ4v) is 7.52. The Bertz CT molecular complexity index is 2020. The molecule has 2 atom stereocenters. The molecular formula is C36H36N6O3. The number of rotatable bonds is 6. The third-order valence-electron chi connectivity index (χ3n) is 9.89. The Morgan fingerprint density at radius 1 is 1.09 bits per heavy atom. The molecule has 9 heteroatoms. The highest BCUT2D eigenvalue weighted by Crippen LogP contribution is 2.49. The zero-order valence-electron chi connectivity index (χ0n) is 25.6. The van der Waals surface area contributed by atoms with Gasteiger partial charge in [0.1, 0.15) is 11.1 Å². The first-order valence-corrected chi connectivity index (χ1v) is 15.9. The quantitative estimate of drug-likeness (QED) is 0.268. The molecular weight excluding hydrogens is 564 g/mol. The van der Waals surface area contributed by atoms with Crippen molar-refractivity contribution in [1.82, 2.24) is 24.8 Å². The van der Waals surface area contributed by atoms with Crippen LogP contribution in [0.3, 0.4) is 0 Å². The number of ether oxygens (including phenoxy) is 1. The van der Waals surface area contributed by atoms with Gasteiger partial charge in [0, 0.05) is 56.4 Å². The number of aromatic nitrogens is 3. The van der Waals surface area contributed by atoms with Gasteiger partial charge in [0.05, 0.1) is 22.5 Å². The van der Waals surface area contributed by atoms with Crippen molar-refractivity contribution in [1.29, 1.82) is 0 Å². The largest absolute Gasteiger partial charge is 0.451 e. The van der Waals surface area contributed by atoms with E-state index in [0.29, 0.717) is 35.0 Å². The topological polar surface area (TPSA) is 92.6 Å².